The Hall–Kier alpha value is -2.86. The Kier molecular flexibility index (Phi) is 6.36. The van der Waals surface area contributed by atoms with Gasteiger partial charge in [-0.2, -0.15) is 5.10 Å². The number of aromatic nitrogens is 2. The van der Waals surface area contributed by atoms with Gasteiger partial charge in [-0.05, 0) is 49.4 Å². The van der Waals surface area contributed by atoms with E-state index in [-0.39, 0.29) is 12.6 Å². The molecule has 1 unspecified atom stereocenters. The van der Waals surface area contributed by atoms with E-state index in [4.69, 9.17) is 5.10 Å². The minimum atomic E-state index is -0.754. The lowest BCUT2D eigenvalue weighted by molar-refractivity contribution is -0.138. The van der Waals surface area contributed by atoms with Crippen LogP contribution in [0.15, 0.2) is 48.5 Å². The molecule has 0 amide bonds. The molecular weight excluding hydrogens is 412 g/mol. The highest BCUT2D eigenvalue weighted by Gasteiger charge is 2.29. The number of aliphatic carboxylic acids is 1. The molecule has 1 saturated heterocycles. The van der Waals surface area contributed by atoms with E-state index in [1.807, 2.05) is 6.07 Å². The van der Waals surface area contributed by atoms with E-state index in [2.05, 4.69) is 63.9 Å². The van der Waals surface area contributed by atoms with Gasteiger partial charge in [0.1, 0.15) is 0 Å². The predicted molar refractivity (Wildman–Crippen MR) is 132 cm³/mol. The molecule has 1 saturated carbocycles. The molecule has 0 spiro atoms. The maximum absolute atomic E-state index is 11.4. The Morgan fingerprint density at radius 1 is 1.09 bits per heavy atom. The van der Waals surface area contributed by atoms with Gasteiger partial charge in [0, 0.05) is 36.7 Å². The Morgan fingerprint density at radius 2 is 1.88 bits per heavy atom. The number of fused-ring (bicyclic) bond motifs is 1. The lowest BCUT2D eigenvalue weighted by atomic mass is 10.0. The molecule has 2 aliphatic rings. The monoisotopic (exact) mass is 446 g/mol. The maximum atomic E-state index is 11.4. The molecule has 33 heavy (non-hydrogen) atoms. The number of hydrogen-bond acceptors (Lipinski definition) is 4. The fourth-order valence-corrected chi connectivity index (χ4v) is 5.71. The molecule has 1 aromatic heterocycles. The largest absolute Gasteiger partial charge is 0.480 e. The van der Waals surface area contributed by atoms with Crippen LogP contribution < -0.4 is 4.90 Å². The summed E-state index contributed by atoms with van der Waals surface area (Å²) in [4.78, 5) is 15.9. The van der Waals surface area contributed by atoms with Gasteiger partial charge in [-0.3, -0.25) is 14.4 Å². The molecule has 3 aromatic rings. The molecule has 0 radical (unpaired) electrons. The number of carbonyl (C=O) groups is 1. The van der Waals surface area contributed by atoms with Gasteiger partial charge >= 0.3 is 5.97 Å². The minimum Gasteiger partial charge on any atom is -0.480 e. The molecule has 0 bridgehead atoms. The molecule has 6 nitrogen and oxygen atoms in total. The van der Waals surface area contributed by atoms with Crippen molar-refractivity contribution in [3.8, 4) is 0 Å². The van der Waals surface area contributed by atoms with Gasteiger partial charge in [0.05, 0.1) is 23.8 Å². The SMILES string of the molecule is CCc1nn(C2CCCC2)c2cc(N3CCN(CC(=O)O)CC3Cc3ccccc3)ccc12. The van der Waals surface area contributed by atoms with E-state index >= 15 is 0 Å². The highest BCUT2D eigenvalue weighted by molar-refractivity contribution is 5.85. The molecule has 1 aliphatic carbocycles. The van der Waals surface area contributed by atoms with Crippen LogP contribution in [0.5, 0.6) is 0 Å². The number of anilines is 1. The van der Waals surface area contributed by atoms with Crippen molar-refractivity contribution in [1.82, 2.24) is 14.7 Å². The minimum absolute atomic E-state index is 0.104. The van der Waals surface area contributed by atoms with Gasteiger partial charge in [-0.1, -0.05) is 50.1 Å². The third-order valence-corrected chi connectivity index (χ3v) is 7.34. The maximum Gasteiger partial charge on any atom is 0.317 e. The Labute approximate surface area is 195 Å². The summed E-state index contributed by atoms with van der Waals surface area (Å²) >= 11 is 0. The Morgan fingerprint density at radius 3 is 2.61 bits per heavy atom. The van der Waals surface area contributed by atoms with E-state index in [0.717, 1.165) is 32.5 Å². The van der Waals surface area contributed by atoms with Gasteiger partial charge < -0.3 is 10.0 Å². The molecule has 2 heterocycles. The summed E-state index contributed by atoms with van der Waals surface area (Å²) < 4.78 is 2.30. The van der Waals surface area contributed by atoms with Gasteiger partial charge in [0.15, 0.2) is 0 Å². The smallest absolute Gasteiger partial charge is 0.317 e. The van der Waals surface area contributed by atoms with Crippen molar-refractivity contribution in [2.75, 3.05) is 31.1 Å². The number of piperazine rings is 1. The summed E-state index contributed by atoms with van der Waals surface area (Å²) in [5, 5.41) is 15.6. The van der Waals surface area contributed by atoms with Crippen molar-refractivity contribution in [3.63, 3.8) is 0 Å². The van der Waals surface area contributed by atoms with E-state index < -0.39 is 5.97 Å². The number of nitrogens with zero attached hydrogens (tertiary/aromatic N) is 4. The fraction of sp³-hybridized carbons (Fsp3) is 0.481. The van der Waals surface area contributed by atoms with Crippen LogP contribution in [0, 0.1) is 0 Å². The van der Waals surface area contributed by atoms with Gasteiger partial charge in [-0.15, -0.1) is 0 Å². The molecule has 6 heteroatoms. The highest BCUT2D eigenvalue weighted by Crippen LogP contribution is 2.35. The number of carboxylic acids is 1. The average molecular weight is 447 g/mol. The summed E-state index contributed by atoms with van der Waals surface area (Å²) in [5.41, 5.74) is 4.95. The first-order valence-corrected chi connectivity index (χ1v) is 12.4. The van der Waals surface area contributed by atoms with Crippen molar-refractivity contribution < 1.29 is 9.90 Å². The number of hydrogen-bond donors (Lipinski definition) is 1. The van der Waals surface area contributed by atoms with Crippen molar-refractivity contribution in [2.45, 2.75) is 57.5 Å². The zero-order valence-electron chi connectivity index (χ0n) is 19.5. The quantitative estimate of drug-likeness (QED) is 0.578. The number of aryl methyl sites for hydroxylation is 1. The van der Waals surface area contributed by atoms with Gasteiger partial charge in [0.2, 0.25) is 0 Å². The Bertz CT molecular complexity index is 1100. The van der Waals surface area contributed by atoms with Crippen LogP contribution in [0.3, 0.4) is 0 Å². The van der Waals surface area contributed by atoms with E-state index in [9.17, 15) is 9.90 Å². The molecule has 2 aromatic carbocycles. The molecular formula is C27H34N4O2. The first-order chi connectivity index (χ1) is 16.1. The Balaban J connectivity index is 1.49. The van der Waals surface area contributed by atoms with E-state index in [0.29, 0.717) is 6.04 Å². The van der Waals surface area contributed by atoms with Crippen LogP contribution in [-0.4, -0.2) is 58.0 Å². The first kappa shape index (κ1) is 22.0. The normalized spacial score (nSPS) is 20.0. The zero-order valence-corrected chi connectivity index (χ0v) is 19.5. The van der Waals surface area contributed by atoms with Crippen molar-refractivity contribution in [1.29, 1.82) is 0 Å². The summed E-state index contributed by atoms with van der Waals surface area (Å²) in [6.45, 7) is 4.63. The van der Waals surface area contributed by atoms with Crippen molar-refractivity contribution in [2.24, 2.45) is 0 Å². The molecule has 1 N–H and O–H groups in total. The average Bonchev–Trinajstić information content (AvgIpc) is 3.47. The third kappa shape index (κ3) is 4.62. The summed E-state index contributed by atoms with van der Waals surface area (Å²) in [5.74, 6) is -0.754. The number of rotatable bonds is 7. The lowest BCUT2D eigenvalue weighted by Gasteiger charge is -2.42. The summed E-state index contributed by atoms with van der Waals surface area (Å²) in [6, 6.07) is 18.1. The molecule has 5 rings (SSSR count). The van der Waals surface area contributed by atoms with Gasteiger partial charge in [-0.25, -0.2) is 0 Å². The van der Waals surface area contributed by atoms with Crippen molar-refractivity contribution in [3.05, 3.63) is 59.8 Å². The van der Waals surface area contributed by atoms with Gasteiger partial charge in [0.25, 0.3) is 0 Å². The van der Waals surface area contributed by atoms with E-state index in [1.165, 1.54) is 53.5 Å². The molecule has 1 aliphatic heterocycles. The molecule has 2 fully saturated rings. The summed E-state index contributed by atoms with van der Waals surface area (Å²) in [6.07, 6.45) is 6.86. The lowest BCUT2D eigenvalue weighted by Crippen LogP contribution is -2.55. The second-order valence-electron chi connectivity index (χ2n) is 9.55. The summed E-state index contributed by atoms with van der Waals surface area (Å²) in [7, 11) is 0. The van der Waals surface area contributed by atoms with Crippen LogP contribution in [0.2, 0.25) is 0 Å². The topological polar surface area (TPSA) is 61.6 Å². The third-order valence-electron chi connectivity index (χ3n) is 7.34. The fourth-order valence-electron chi connectivity index (χ4n) is 5.71. The van der Waals surface area contributed by atoms with Crippen LogP contribution >= 0.6 is 0 Å². The number of benzene rings is 2. The predicted octanol–water partition coefficient (Wildman–Crippen LogP) is 4.53. The van der Waals surface area contributed by atoms with Crippen LogP contribution in [0.1, 0.15) is 49.9 Å². The first-order valence-electron chi connectivity index (χ1n) is 12.4. The number of carboxylic acid groups (broad SMARTS) is 1. The highest BCUT2D eigenvalue weighted by atomic mass is 16.4. The van der Waals surface area contributed by atoms with Crippen LogP contribution in [0.25, 0.3) is 10.9 Å². The molecule has 1 atom stereocenters. The second kappa shape index (κ2) is 9.56. The van der Waals surface area contributed by atoms with E-state index in [1.54, 1.807) is 0 Å². The van der Waals surface area contributed by atoms with Crippen LogP contribution in [0.4, 0.5) is 5.69 Å². The zero-order chi connectivity index (χ0) is 22.8. The second-order valence-corrected chi connectivity index (χ2v) is 9.55. The standard InChI is InChI=1S/C27H34N4O2/c1-2-25-24-13-12-22(17-26(24)31(28-25)21-10-6-7-11-21)30-15-14-29(19-27(32)33)18-23(30)16-20-8-4-3-5-9-20/h3-5,8-9,12-13,17,21,23H,2,6-7,10-11,14-16,18-19H2,1H3,(H,32,33). The van der Waals surface area contributed by atoms with Crippen molar-refractivity contribution >= 4 is 22.6 Å². The molecule has 174 valence electrons. The van der Waals surface area contributed by atoms with Crippen LogP contribution in [-0.2, 0) is 17.6 Å².